The Labute approximate surface area is 110 Å². The molecule has 7 nitrogen and oxygen atoms in total. The first kappa shape index (κ1) is 13.7. The Hall–Kier alpha value is -1.73. The molecule has 0 spiro atoms. The fourth-order valence-electron chi connectivity index (χ4n) is 2.26. The van der Waals surface area contributed by atoms with Gasteiger partial charge in [-0.3, -0.25) is 9.59 Å². The van der Waals surface area contributed by atoms with E-state index in [0.29, 0.717) is 25.0 Å². The molecule has 1 fully saturated rings. The van der Waals surface area contributed by atoms with Crippen LogP contribution in [0.3, 0.4) is 0 Å². The van der Waals surface area contributed by atoms with Gasteiger partial charge < -0.3 is 21.1 Å². The van der Waals surface area contributed by atoms with Crippen LogP contribution in [0.5, 0.6) is 0 Å². The SMILES string of the molecule is N[C@@H]1C[C@@H](C(=O)NCc2cc(=O)[nH]cn2)CC[C@H]1O. The molecule has 1 aliphatic rings. The molecule has 1 saturated carbocycles. The van der Waals surface area contributed by atoms with Gasteiger partial charge in [0.25, 0.3) is 5.56 Å². The number of aromatic amines is 1. The fraction of sp³-hybridized carbons (Fsp3) is 0.583. The molecule has 1 aromatic rings. The van der Waals surface area contributed by atoms with Crippen molar-refractivity contribution < 1.29 is 9.90 Å². The normalized spacial score (nSPS) is 26.9. The Bertz CT molecular complexity index is 502. The molecule has 1 heterocycles. The zero-order valence-corrected chi connectivity index (χ0v) is 10.5. The molecule has 0 radical (unpaired) electrons. The summed E-state index contributed by atoms with van der Waals surface area (Å²) < 4.78 is 0. The molecule has 2 rings (SSSR count). The minimum absolute atomic E-state index is 0.107. The van der Waals surface area contributed by atoms with E-state index in [1.165, 1.54) is 12.4 Å². The van der Waals surface area contributed by atoms with E-state index in [1.807, 2.05) is 0 Å². The number of nitrogens with one attached hydrogen (secondary N) is 2. The average molecular weight is 266 g/mol. The van der Waals surface area contributed by atoms with E-state index in [2.05, 4.69) is 15.3 Å². The first-order chi connectivity index (χ1) is 9.06. The highest BCUT2D eigenvalue weighted by atomic mass is 16.3. The van der Waals surface area contributed by atoms with Crippen molar-refractivity contribution in [2.45, 2.75) is 38.0 Å². The Kier molecular flexibility index (Phi) is 4.28. The van der Waals surface area contributed by atoms with Crippen molar-refractivity contribution in [2.75, 3.05) is 0 Å². The van der Waals surface area contributed by atoms with Gasteiger partial charge >= 0.3 is 0 Å². The molecule has 5 N–H and O–H groups in total. The summed E-state index contributed by atoms with van der Waals surface area (Å²) in [6.45, 7) is 0.219. The minimum Gasteiger partial charge on any atom is -0.392 e. The molecule has 0 saturated heterocycles. The first-order valence-corrected chi connectivity index (χ1v) is 6.31. The number of amides is 1. The zero-order chi connectivity index (χ0) is 13.8. The molecule has 0 aliphatic heterocycles. The lowest BCUT2D eigenvalue weighted by Gasteiger charge is -2.29. The van der Waals surface area contributed by atoms with Gasteiger partial charge in [-0.05, 0) is 19.3 Å². The van der Waals surface area contributed by atoms with Crippen molar-refractivity contribution in [3.05, 3.63) is 28.4 Å². The van der Waals surface area contributed by atoms with Gasteiger partial charge in [0.1, 0.15) is 0 Å². The third-order valence-corrected chi connectivity index (χ3v) is 3.41. The number of carbonyl (C=O) groups is 1. The van der Waals surface area contributed by atoms with E-state index in [0.717, 1.165) is 0 Å². The minimum atomic E-state index is -0.515. The number of hydrogen-bond acceptors (Lipinski definition) is 5. The number of nitrogens with two attached hydrogens (primary N) is 1. The highest BCUT2D eigenvalue weighted by molar-refractivity contribution is 5.78. The number of nitrogens with zero attached hydrogens (tertiary/aromatic N) is 1. The lowest BCUT2D eigenvalue weighted by Crippen LogP contribution is -2.44. The molecular weight excluding hydrogens is 248 g/mol. The van der Waals surface area contributed by atoms with E-state index < -0.39 is 6.10 Å². The molecule has 0 unspecified atom stereocenters. The maximum atomic E-state index is 11.9. The van der Waals surface area contributed by atoms with Crippen LogP contribution in [0.15, 0.2) is 17.2 Å². The van der Waals surface area contributed by atoms with E-state index in [1.54, 1.807) is 0 Å². The number of rotatable bonds is 3. The second kappa shape index (κ2) is 5.94. The van der Waals surface area contributed by atoms with Gasteiger partial charge in [-0.25, -0.2) is 4.98 Å². The van der Waals surface area contributed by atoms with Crippen LogP contribution in [0.2, 0.25) is 0 Å². The highest BCUT2D eigenvalue weighted by Gasteiger charge is 2.30. The molecule has 1 aliphatic carbocycles. The average Bonchev–Trinajstić information content (AvgIpc) is 2.39. The van der Waals surface area contributed by atoms with Crippen LogP contribution in [0, 0.1) is 5.92 Å². The van der Waals surface area contributed by atoms with Crippen LogP contribution in [-0.4, -0.2) is 33.1 Å². The van der Waals surface area contributed by atoms with Gasteiger partial charge in [-0.15, -0.1) is 0 Å². The summed E-state index contributed by atoms with van der Waals surface area (Å²) in [7, 11) is 0. The molecule has 7 heteroatoms. The van der Waals surface area contributed by atoms with Crippen LogP contribution in [0.1, 0.15) is 25.0 Å². The topological polar surface area (TPSA) is 121 Å². The molecule has 0 aromatic carbocycles. The number of carbonyl (C=O) groups excluding carboxylic acids is 1. The third-order valence-electron chi connectivity index (χ3n) is 3.41. The largest absolute Gasteiger partial charge is 0.392 e. The number of aliphatic hydroxyl groups is 1. The van der Waals surface area contributed by atoms with Gasteiger partial charge in [0, 0.05) is 18.0 Å². The van der Waals surface area contributed by atoms with Gasteiger partial charge in [-0.1, -0.05) is 0 Å². The Morgan fingerprint density at radius 3 is 3.05 bits per heavy atom. The lowest BCUT2D eigenvalue weighted by molar-refractivity contribution is -0.127. The zero-order valence-electron chi connectivity index (χ0n) is 10.5. The van der Waals surface area contributed by atoms with Crippen LogP contribution in [0.4, 0.5) is 0 Å². The van der Waals surface area contributed by atoms with Crippen molar-refractivity contribution in [3.63, 3.8) is 0 Å². The smallest absolute Gasteiger partial charge is 0.250 e. The molecule has 1 amide bonds. The van der Waals surface area contributed by atoms with Crippen LogP contribution in [-0.2, 0) is 11.3 Å². The second-order valence-electron chi connectivity index (χ2n) is 4.86. The standard InChI is InChI=1S/C12H18N4O3/c13-9-3-7(1-2-10(9)17)12(19)14-5-8-4-11(18)16-6-15-8/h4,6-7,9-10,17H,1-3,5,13H2,(H,14,19)(H,15,16,18)/t7-,9+,10+/m0/s1. The summed E-state index contributed by atoms with van der Waals surface area (Å²) in [5.41, 5.74) is 6.01. The van der Waals surface area contributed by atoms with Crippen molar-refractivity contribution >= 4 is 5.91 Å². The quantitative estimate of drug-likeness (QED) is 0.552. The van der Waals surface area contributed by atoms with Crippen molar-refractivity contribution in [3.8, 4) is 0 Å². The van der Waals surface area contributed by atoms with Crippen LogP contribution < -0.4 is 16.6 Å². The van der Waals surface area contributed by atoms with Crippen molar-refractivity contribution in [1.82, 2.24) is 15.3 Å². The van der Waals surface area contributed by atoms with Crippen molar-refractivity contribution in [2.24, 2.45) is 11.7 Å². The summed E-state index contributed by atoms with van der Waals surface area (Å²) in [5, 5.41) is 12.3. The van der Waals surface area contributed by atoms with E-state index >= 15 is 0 Å². The first-order valence-electron chi connectivity index (χ1n) is 6.31. The molecule has 0 bridgehead atoms. The summed E-state index contributed by atoms with van der Waals surface area (Å²) >= 11 is 0. The van der Waals surface area contributed by atoms with E-state index in [-0.39, 0.29) is 30.0 Å². The van der Waals surface area contributed by atoms with Gasteiger partial charge in [0.2, 0.25) is 5.91 Å². The predicted molar refractivity (Wildman–Crippen MR) is 68.0 cm³/mol. The molecule has 1 aromatic heterocycles. The van der Waals surface area contributed by atoms with Crippen molar-refractivity contribution in [1.29, 1.82) is 0 Å². The number of aromatic nitrogens is 2. The summed E-state index contributed by atoms with van der Waals surface area (Å²) in [5.74, 6) is -0.287. The monoisotopic (exact) mass is 266 g/mol. The Morgan fingerprint density at radius 2 is 2.37 bits per heavy atom. The molecular formula is C12H18N4O3. The van der Waals surface area contributed by atoms with Gasteiger partial charge in [-0.2, -0.15) is 0 Å². The Morgan fingerprint density at radius 1 is 1.58 bits per heavy atom. The van der Waals surface area contributed by atoms with Crippen LogP contribution in [0.25, 0.3) is 0 Å². The highest BCUT2D eigenvalue weighted by Crippen LogP contribution is 2.23. The Balaban J connectivity index is 1.86. The van der Waals surface area contributed by atoms with E-state index in [4.69, 9.17) is 5.73 Å². The third kappa shape index (κ3) is 3.62. The lowest BCUT2D eigenvalue weighted by atomic mass is 9.84. The predicted octanol–water partition coefficient (Wildman–Crippen LogP) is -1.13. The molecule has 19 heavy (non-hydrogen) atoms. The van der Waals surface area contributed by atoms with Gasteiger partial charge in [0.15, 0.2) is 0 Å². The number of H-pyrrole nitrogens is 1. The van der Waals surface area contributed by atoms with Crippen LogP contribution >= 0.6 is 0 Å². The number of hydrogen-bond donors (Lipinski definition) is 4. The summed E-state index contributed by atoms with van der Waals surface area (Å²) in [6.07, 6.45) is 2.44. The molecule has 3 atom stereocenters. The van der Waals surface area contributed by atoms with Gasteiger partial charge in [0.05, 0.1) is 24.7 Å². The fourth-order valence-corrected chi connectivity index (χ4v) is 2.26. The maximum Gasteiger partial charge on any atom is 0.250 e. The van der Waals surface area contributed by atoms with E-state index in [9.17, 15) is 14.7 Å². The number of aliphatic hydroxyl groups excluding tert-OH is 1. The molecule has 104 valence electrons. The summed E-state index contributed by atoms with van der Waals surface area (Å²) in [6, 6.07) is 0.999. The summed E-state index contributed by atoms with van der Waals surface area (Å²) in [4.78, 5) is 29.4. The second-order valence-corrected chi connectivity index (χ2v) is 4.86. The maximum absolute atomic E-state index is 11.9.